The first-order valence-corrected chi connectivity index (χ1v) is 15.8. The maximum atomic E-state index is 13.1. The second-order valence-electron chi connectivity index (χ2n) is 11.1. The van der Waals surface area contributed by atoms with Crippen molar-refractivity contribution in [1.29, 1.82) is 0 Å². The van der Waals surface area contributed by atoms with Gasteiger partial charge in [0.05, 0.1) is 12.1 Å². The average molecular weight is 580 g/mol. The van der Waals surface area contributed by atoms with Gasteiger partial charge >= 0.3 is 0 Å². The molecule has 0 saturated carbocycles. The summed E-state index contributed by atoms with van der Waals surface area (Å²) in [4.78, 5) is 39.9. The smallest absolute Gasteiger partial charge is 0.237 e. The zero-order valence-electron chi connectivity index (χ0n) is 25.6. The van der Waals surface area contributed by atoms with Gasteiger partial charge in [0.2, 0.25) is 17.7 Å². The number of carbonyl (C=O) groups is 3. The zero-order valence-corrected chi connectivity index (χ0v) is 25.6. The Hall–Kier alpha value is -3.23. The Kier molecular flexibility index (Phi) is 17.9. The van der Waals surface area contributed by atoms with Gasteiger partial charge in [-0.2, -0.15) is 0 Å². The molecule has 42 heavy (non-hydrogen) atoms. The van der Waals surface area contributed by atoms with Crippen molar-refractivity contribution in [3.05, 3.63) is 71.8 Å². The number of unbranched alkanes of at least 4 members (excludes halogenated alkanes) is 6. The highest BCUT2D eigenvalue weighted by molar-refractivity contribution is 5.82. The van der Waals surface area contributed by atoms with Crippen LogP contribution in [0.25, 0.3) is 0 Å². The maximum absolute atomic E-state index is 13.1. The van der Waals surface area contributed by atoms with E-state index in [0.29, 0.717) is 58.3 Å². The van der Waals surface area contributed by atoms with Crippen molar-refractivity contribution >= 4 is 17.7 Å². The molecule has 2 atom stereocenters. The van der Waals surface area contributed by atoms with Crippen LogP contribution in [0.4, 0.5) is 0 Å². The summed E-state index contributed by atoms with van der Waals surface area (Å²) >= 11 is 0. The molecular formula is C34H53N5O3. The van der Waals surface area contributed by atoms with E-state index in [4.69, 9.17) is 11.5 Å². The molecule has 0 aliphatic heterocycles. The second-order valence-corrected chi connectivity index (χ2v) is 11.1. The second kappa shape index (κ2) is 21.5. The summed E-state index contributed by atoms with van der Waals surface area (Å²) in [6, 6.07) is 18.2. The third-order valence-corrected chi connectivity index (χ3v) is 7.43. The molecule has 0 fully saturated rings. The number of benzene rings is 2. The van der Waals surface area contributed by atoms with Crippen LogP contribution < -0.4 is 22.1 Å². The third-order valence-electron chi connectivity index (χ3n) is 7.43. The minimum absolute atomic E-state index is 0.128. The van der Waals surface area contributed by atoms with Crippen molar-refractivity contribution < 1.29 is 14.4 Å². The van der Waals surface area contributed by atoms with Gasteiger partial charge in [-0.15, -0.1) is 0 Å². The summed E-state index contributed by atoms with van der Waals surface area (Å²) in [5.74, 6) is -0.244. The Morgan fingerprint density at radius 2 is 1.07 bits per heavy atom. The van der Waals surface area contributed by atoms with Gasteiger partial charge in [0.25, 0.3) is 0 Å². The van der Waals surface area contributed by atoms with Crippen LogP contribution in [0.2, 0.25) is 0 Å². The molecule has 0 spiro atoms. The van der Waals surface area contributed by atoms with Crippen LogP contribution in [0.15, 0.2) is 60.7 Å². The van der Waals surface area contributed by atoms with E-state index >= 15 is 0 Å². The van der Waals surface area contributed by atoms with Crippen molar-refractivity contribution in [3.63, 3.8) is 0 Å². The molecule has 0 saturated heterocycles. The van der Waals surface area contributed by atoms with Gasteiger partial charge in [-0.1, -0.05) is 106 Å². The maximum Gasteiger partial charge on any atom is 0.237 e. The van der Waals surface area contributed by atoms with Crippen molar-refractivity contribution in [3.8, 4) is 0 Å². The Morgan fingerprint density at radius 3 is 1.52 bits per heavy atom. The molecule has 0 radical (unpaired) electrons. The topological polar surface area (TPSA) is 131 Å². The highest BCUT2D eigenvalue weighted by atomic mass is 16.2. The lowest BCUT2D eigenvalue weighted by Crippen LogP contribution is -2.44. The molecule has 2 rings (SSSR count). The van der Waals surface area contributed by atoms with Crippen LogP contribution in [0.1, 0.15) is 82.3 Å². The summed E-state index contributed by atoms with van der Waals surface area (Å²) in [7, 11) is 0. The van der Waals surface area contributed by atoms with Crippen molar-refractivity contribution in [2.45, 2.75) is 96.1 Å². The summed E-state index contributed by atoms with van der Waals surface area (Å²) in [6.07, 6.45) is 10.9. The Balaban J connectivity index is 1.75. The monoisotopic (exact) mass is 579 g/mol. The van der Waals surface area contributed by atoms with Crippen LogP contribution in [-0.4, -0.2) is 60.9 Å². The van der Waals surface area contributed by atoms with Crippen molar-refractivity contribution in [2.24, 2.45) is 11.5 Å². The summed E-state index contributed by atoms with van der Waals surface area (Å²) < 4.78 is 0. The highest BCUT2D eigenvalue weighted by Crippen LogP contribution is 2.10. The summed E-state index contributed by atoms with van der Waals surface area (Å²) in [5.41, 5.74) is 14.2. The predicted molar refractivity (Wildman–Crippen MR) is 171 cm³/mol. The van der Waals surface area contributed by atoms with E-state index in [-0.39, 0.29) is 17.7 Å². The van der Waals surface area contributed by atoms with Gasteiger partial charge < -0.3 is 27.0 Å². The molecule has 0 heterocycles. The number of nitrogens with zero attached hydrogens (tertiary/aromatic N) is 1. The van der Waals surface area contributed by atoms with Gasteiger partial charge in [-0.05, 0) is 43.2 Å². The van der Waals surface area contributed by atoms with Crippen LogP contribution in [0.5, 0.6) is 0 Å². The molecule has 2 aromatic rings. The number of nitrogens with one attached hydrogen (secondary N) is 2. The van der Waals surface area contributed by atoms with E-state index < -0.39 is 12.1 Å². The SMILES string of the molecule is CCCCCCCCCC(=O)N(CCCNC(=O)[C@@H](N)Cc1ccccc1)CCCNC(=O)[C@@H](N)Cc1ccccc1. The molecule has 6 N–H and O–H groups in total. The molecule has 3 amide bonds. The fourth-order valence-electron chi connectivity index (χ4n) is 4.90. The van der Waals surface area contributed by atoms with E-state index in [1.54, 1.807) is 0 Å². The molecule has 8 heteroatoms. The van der Waals surface area contributed by atoms with E-state index in [1.807, 2.05) is 65.6 Å². The van der Waals surface area contributed by atoms with Gasteiger partial charge in [-0.3, -0.25) is 14.4 Å². The quantitative estimate of drug-likeness (QED) is 0.156. The van der Waals surface area contributed by atoms with Gasteiger partial charge in [0.1, 0.15) is 0 Å². The fourth-order valence-corrected chi connectivity index (χ4v) is 4.90. The number of nitrogens with two attached hydrogens (primary N) is 2. The molecule has 0 aromatic heterocycles. The molecule has 0 unspecified atom stereocenters. The zero-order chi connectivity index (χ0) is 30.4. The Bertz CT molecular complexity index is 951. The fraction of sp³-hybridized carbons (Fsp3) is 0.559. The molecule has 8 nitrogen and oxygen atoms in total. The van der Waals surface area contributed by atoms with E-state index in [0.717, 1.165) is 30.4 Å². The third kappa shape index (κ3) is 15.1. The van der Waals surface area contributed by atoms with E-state index in [1.165, 1.54) is 25.7 Å². The van der Waals surface area contributed by atoms with Crippen LogP contribution in [0.3, 0.4) is 0 Å². The van der Waals surface area contributed by atoms with Gasteiger partial charge in [0.15, 0.2) is 0 Å². The molecular weight excluding hydrogens is 526 g/mol. The van der Waals surface area contributed by atoms with Gasteiger partial charge in [0, 0.05) is 32.6 Å². The van der Waals surface area contributed by atoms with E-state index in [2.05, 4.69) is 17.6 Å². The lowest BCUT2D eigenvalue weighted by Gasteiger charge is -2.23. The minimum Gasteiger partial charge on any atom is -0.355 e. The lowest BCUT2D eigenvalue weighted by atomic mass is 10.1. The Morgan fingerprint density at radius 1 is 0.643 bits per heavy atom. The molecule has 2 aromatic carbocycles. The number of hydrogen-bond acceptors (Lipinski definition) is 5. The van der Waals surface area contributed by atoms with Crippen molar-refractivity contribution in [1.82, 2.24) is 15.5 Å². The number of carbonyl (C=O) groups excluding carboxylic acids is 3. The first kappa shape index (κ1) is 35.0. The standard InChI is InChI=1S/C34H53N5O3/c1-2-3-4-5-6-7-14-21-32(40)39(24-15-22-37-33(41)30(35)26-28-17-10-8-11-18-28)25-16-23-38-34(42)31(36)27-29-19-12-9-13-20-29/h8-13,17-20,30-31H,2-7,14-16,21-27,35-36H2,1H3,(H,37,41)(H,38,42)/t30-,31-/m0/s1. The van der Waals surface area contributed by atoms with Crippen LogP contribution in [0, 0.1) is 0 Å². The first-order valence-electron chi connectivity index (χ1n) is 15.8. The normalized spacial score (nSPS) is 12.4. The molecule has 0 aliphatic carbocycles. The minimum atomic E-state index is -0.612. The summed E-state index contributed by atoms with van der Waals surface area (Å²) in [5, 5.41) is 5.83. The van der Waals surface area contributed by atoms with Crippen molar-refractivity contribution in [2.75, 3.05) is 26.2 Å². The number of amides is 3. The largest absolute Gasteiger partial charge is 0.355 e. The number of rotatable bonds is 22. The Labute approximate surface area is 253 Å². The van der Waals surface area contributed by atoms with E-state index in [9.17, 15) is 14.4 Å². The van der Waals surface area contributed by atoms with Gasteiger partial charge in [-0.25, -0.2) is 0 Å². The first-order chi connectivity index (χ1) is 20.4. The summed E-state index contributed by atoms with van der Waals surface area (Å²) in [6.45, 7) is 4.21. The molecule has 0 aliphatic rings. The predicted octanol–water partition coefficient (Wildman–Crippen LogP) is 4.11. The molecule has 232 valence electrons. The lowest BCUT2D eigenvalue weighted by molar-refractivity contribution is -0.131. The molecule has 0 bridgehead atoms. The number of hydrogen-bond donors (Lipinski definition) is 4. The van der Waals surface area contributed by atoms with Crippen LogP contribution in [-0.2, 0) is 27.2 Å². The van der Waals surface area contributed by atoms with Crippen LogP contribution >= 0.6 is 0 Å². The average Bonchev–Trinajstić information content (AvgIpc) is 3.00. The highest BCUT2D eigenvalue weighted by Gasteiger charge is 2.17.